The lowest BCUT2D eigenvalue weighted by atomic mass is 10.2. The number of hydrogen-bond acceptors (Lipinski definition) is 3. The van der Waals surface area contributed by atoms with Crippen molar-refractivity contribution in [3.63, 3.8) is 0 Å². The summed E-state index contributed by atoms with van der Waals surface area (Å²) in [6.07, 6.45) is 0.972. The van der Waals surface area contributed by atoms with Crippen LogP contribution in [0.5, 0.6) is 5.75 Å². The molecule has 2 aromatic carbocycles. The number of amides is 1. The minimum atomic E-state index is -0.0513. The molecular weight excluding hydrogens is 364 g/mol. The summed E-state index contributed by atoms with van der Waals surface area (Å²) in [5.41, 5.74) is 1.57. The number of quaternary nitrogens is 1. The number of ether oxygens (including phenoxy) is 2. The molecule has 1 saturated heterocycles. The van der Waals surface area contributed by atoms with E-state index in [1.807, 2.05) is 36.4 Å². The summed E-state index contributed by atoms with van der Waals surface area (Å²) in [6.45, 7) is 5.95. The van der Waals surface area contributed by atoms with E-state index in [0.29, 0.717) is 29.5 Å². The molecule has 1 fully saturated rings. The zero-order chi connectivity index (χ0) is 18.9. The van der Waals surface area contributed by atoms with E-state index in [1.165, 1.54) is 0 Å². The molecule has 27 heavy (non-hydrogen) atoms. The number of carbonyl (C=O) groups excluding carboxylic acids is 1. The number of morpholine rings is 1. The van der Waals surface area contributed by atoms with Crippen LogP contribution < -0.4 is 15.0 Å². The zero-order valence-corrected chi connectivity index (χ0v) is 16.1. The molecule has 2 aromatic rings. The summed E-state index contributed by atoms with van der Waals surface area (Å²) in [5, 5.41) is 3.67. The van der Waals surface area contributed by atoms with Crippen molar-refractivity contribution in [3.8, 4) is 5.75 Å². The Balaban J connectivity index is 1.39. The average molecular weight is 390 g/mol. The van der Waals surface area contributed by atoms with E-state index in [4.69, 9.17) is 21.1 Å². The van der Waals surface area contributed by atoms with Gasteiger partial charge in [-0.3, -0.25) is 4.79 Å². The first-order valence-corrected chi connectivity index (χ1v) is 9.76. The van der Waals surface area contributed by atoms with Gasteiger partial charge in [0.1, 0.15) is 25.4 Å². The topological polar surface area (TPSA) is 52.0 Å². The molecule has 0 spiro atoms. The lowest BCUT2D eigenvalue weighted by molar-refractivity contribution is -0.908. The molecule has 1 amide bonds. The fourth-order valence-corrected chi connectivity index (χ4v) is 3.22. The van der Waals surface area contributed by atoms with Gasteiger partial charge in [-0.1, -0.05) is 29.8 Å². The second-order valence-corrected chi connectivity index (χ2v) is 7.03. The number of halogens is 1. The molecule has 6 heteroatoms. The van der Waals surface area contributed by atoms with Gasteiger partial charge in [0.25, 0.3) is 5.91 Å². The van der Waals surface area contributed by atoms with Gasteiger partial charge in [-0.2, -0.15) is 0 Å². The lowest BCUT2D eigenvalue weighted by Gasteiger charge is -2.23. The largest absolute Gasteiger partial charge is 0.489 e. The number of hydrogen-bond donors (Lipinski definition) is 2. The maximum Gasteiger partial charge on any atom is 0.251 e. The smallest absolute Gasteiger partial charge is 0.251 e. The quantitative estimate of drug-likeness (QED) is 0.678. The molecule has 1 aliphatic rings. The average Bonchev–Trinajstić information content (AvgIpc) is 2.72. The molecule has 0 bridgehead atoms. The highest BCUT2D eigenvalue weighted by atomic mass is 35.5. The number of rotatable bonds is 8. The van der Waals surface area contributed by atoms with E-state index in [1.54, 1.807) is 17.0 Å². The summed E-state index contributed by atoms with van der Waals surface area (Å²) in [4.78, 5) is 13.8. The SMILES string of the molecule is O=C(NCCC[NH+]1CCOCC1)c1ccc(OCc2ccccc2Cl)cc1. The van der Waals surface area contributed by atoms with Crippen LogP contribution in [0.3, 0.4) is 0 Å². The monoisotopic (exact) mass is 389 g/mol. The first-order chi connectivity index (χ1) is 13.2. The van der Waals surface area contributed by atoms with Crippen molar-refractivity contribution in [2.75, 3.05) is 39.4 Å². The highest BCUT2D eigenvalue weighted by Crippen LogP contribution is 2.19. The van der Waals surface area contributed by atoms with Crippen molar-refractivity contribution in [2.45, 2.75) is 13.0 Å². The predicted octanol–water partition coefficient (Wildman–Crippen LogP) is 1.95. The third-order valence-electron chi connectivity index (χ3n) is 4.66. The van der Waals surface area contributed by atoms with Gasteiger partial charge >= 0.3 is 0 Å². The molecular formula is C21H26ClN2O3+. The van der Waals surface area contributed by atoms with E-state index in [-0.39, 0.29) is 5.91 Å². The number of carbonyl (C=O) groups is 1. The molecule has 0 aliphatic carbocycles. The van der Waals surface area contributed by atoms with E-state index < -0.39 is 0 Å². The predicted molar refractivity (Wildman–Crippen MR) is 106 cm³/mol. The Labute approximate surface area is 165 Å². The fourth-order valence-electron chi connectivity index (χ4n) is 3.03. The first kappa shape index (κ1) is 19.7. The molecule has 1 aliphatic heterocycles. The molecule has 144 valence electrons. The fraction of sp³-hybridized carbons (Fsp3) is 0.381. The van der Waals surface area contributed by atoms with E-state index >= 15 is 0 Å². The normalized spacial score (nSPS) is 14.7. The van der Waals surface area contributed by atoms with E-state index in [2.05, 4.69) is 5.32 Å². The second kappa shape index (κ2) is 10.3. The van der Waals surface area contributed by atoms with Crippen LogP contribution in [-0.4, -0.2) is 45.3 Å². The number of nitrogens with one attached hydrogen (secondary N) is 2. The molecule has 2 N–H and O–H groups in total. The maximum atomic E-state index is 12.2. The molecule has 0 atom stereocenters. The van der Waals surface area contributed by atoms with Crippen LogP contribution in [0.2, 0.25) is 5.02 Å². The third kappa shape index (κ3) is 6.24. The van der Waals surface area contributed by atoms with E-state index in [0.717, 1.165) is 44.8 Å². The van der Waals surface area contributed by atoms with Crippen LogP contribution in [-0.2, 0) is 11.3 Å². The third-order valence-corrected chi connectivity index (χ3v) is 5.03. The summed E-state index contributed by atoms with van der Waals surface area (Å²) < 4.78 is 11.1. The molecule has 3 rings (SSSR count). The zero-order valence-electron chi connectivity index (χ0n) is 15.4. The van der Waals surface area contributed by atoms with Gasteiger partial charge in [0.05, 0.1) is 19.8 Å². The first-order valence-electron chi connectivity index (χ1n) is 9.38. The Hall–Kier alpha value is -2.08. The highest BCUT2D eigenvalue weighted by molar-refractivity contribution is 6.31. The van der Waals surface area contributed by atoms with Gasteiger partial charge < -0.3 is 19.7 Å². The van der Waals surface area contributed by atoms with Crippen LogP contribution in [0.25, 0.3) is 0 Å². The van der Waals surface area contributed by atoms with Crippen LogP contribution in [0.1, 0.15) is 22.3 Å². The summed E-state index contributed by atoms with van der Waals surface area (Å²) in [6, 6.07) is 14.8. The molecule has 0 saturated carbocycles. The Morgan fingerprint density at radius 2 is 1.85 bits per heavy atom. The standard InChI is InChI=1S/C21H25ClN2O3/c22-20-5-2-1-4-18(20)16-27-19-8-6-17(7-9-19)21(25)23-10-3-11-24-12-14-26-15-13-24/h1-2,4-9H,3,10-16H2,(H,23,25)/p+1. The van der Waals surface area contributed by atoms with Crippen LogP contribution in [0, 0.1) is 0 Å². The van der Waals surface area contributed by atoms with Gasteiger partial charge in [-0.15, -0.1) is 0 Å². The van der Waals surface area contributed by atoms with Gasteiger partial charge in [-0.25, -0.2) is 0 Å². The molecule has 0 unspecified atom stereocenters. The second-order valence-electron chi connectivity index (χ2n) is 6.63. The molecule has 5 nitrogen and oxygen atoms in total. The van der Waals surface area contributed by atoms with Crippen molar-refractivity contribution < 1.29 is 19.2 Å². The van der Waals surface area contributed by atoms with Crippen molar-refractivity contribution in [2.24, 2.45) is 0 Å². The summed E-state index contributed by atoms with van der Waals surface area (Å²) in [7, 11) is 0. The Morgan fingerprint density at radius 1 is 1.11 bits per heavy atom. The van der Waals surface area contributed by atoms with Crippen LogP contribution in [0.15, 0.2) is 48.5 Å². The van der Waals surface area contributed by atoms with Gasteiger partial charge in [-0.05, 0) is 30.3 Å². The van der Waals surface area contributed by atoms with Crippen LogP contribution in [0.4, 0.5) is 0 Å². The maximum absolute atomic E-state index is 12.2. The Morgan fingerprint density at radius 3 is 2.59 bits per heavy atom. The van der Waals surface area contributed by atoms with E-state index in [9.17, 15) is 4.79 Å². The van der Waals surface area contributed by atoms with Crippen molar-refractivity contribution in [1.82, 2.24) is 5.32 Å². The van der Waals surface area contributed by atoms with Crippen molar-refractivity contribution in [1.29, 1.82) is 0 Å². The molecule has 0 aromatic heterocycles. The molecule has 1 heterocycles. The number of benzene rings is 2. The minimum Gasteiger partial charge on any atom is -0.489 e. The van der Waals surface area contributed by atoms with Gasteiger partial charge in [0.2, 0.25) is 0 Å². The highest BCUT2D eigenvalue weighted by Gasteiger charge is 2.13. The Bertz CT molecular complexity index is 730. The lowest BCUT2D eigenvalue weighted by Crippen LogP contribution is -3.14. The summed E-state index contributed by atoms with van der Waals surface area (Å²) in [5.74, 6) is 0.659. The Kier molecular flexibility index (Phi) is 7.51. The van der Waals surface area contributed by atoms with Gasteiger partial charge in [0, 0.05) is 29.1 Å². The minimum absolute atomic E-state index is 0.0513. The molecule has 0 radical (unpaired) electrons. The van der Waals surface area contributed by atoms with Gasteiger partial charge in [0.15, 0.2) is 0 Å². The summed E-state index contributed by atoms with van der Waals surface area (Å²) >= 11 is 6.13. The van der Waals surface area contributed by atoms with Crippen LogP contribution >= 0.6 is 11.6 Å². The van der Waals surface area contributed by atoms with Crippen molar-refractivity contribution in [3.05, 3.63) is 64.7 Å². The van der Waals surface area contributed by atoms with Crippen molar-refractivity contribution >= 4 is 17.5 Å².